The molecule has 0 aliphatic heterocycles. The smallest absolute Gasteiger partial charge is 0.0167 e. The van der Waals surface area contributed by atoms with E-state index in [1.165, 1.54) is 10.1 Å². The molecule has 0 N–H and O–H groups in total. The fourth-order valence-electron chi connectivity index (χ4n) is 0.703. The van der Waals surface area contributed by atoms with Crippen molar-refractivity contribution in [3.63, 3.8) is 0 Å². The molecule has 0 amide bonds. The van der Waals surface area contributed by atoms with Gasteiger partial charge in [0.15, 0.2) is 0 Å². The summed E-state index contributed by atoms with van der Waals surface area (Å²) in [5.41, 5.74) is 1.30. The van der Waals surface area contributed by atoms with E-state index in [0.717, 1.165) is 6.42 Å². The normalized spacial score (nSPS) is 18.4. The van der Waals surface area contributed by atoms with Crippen LogP contribution in [-0.4, -0.2) is 0 Å². The van der Waals surface area contributed by atoms with Gasteiger partial charge >= 0.3 is 0 Å². The molecule has 0 heterocycles. The lowest BCUT2D eigenvalue weighted by molar-refractivity contribution is 1.39. The molecule has 0 aromatic heterocycles. The first-order valence-corrected chi connectivity index (χ1v) is 3.79. The molecule has 0 unspecified atom stereocenters. The minimum atomic E-state index is 1.04. The number of rotatable bonds is 0. The van der Waals surface area contributed by atoms with Crippen molar-refractivity contribution in [2.24, 2.45) is 0 Å². The molecule has 1 rings (SSSR count). The van der Waals surface area contributed by atoms with Crippen LogP contribution >= 0.6 is 15.9 Å². The molecule has 0 nitrogen and oxygen atoms in total. The summed E-state index contributed by atoms with van der Waals surface area (Å²) >= 11 is 3.46. The van der Waals surface area contributed by atoms with Crippen LogP contribution < -0.4 is 0 Å². The van der Waals surface area contributed by atoms with Crippen molar-refractivity contribution in [3.05, 3.63) is 34.4 Å². The predicted molar refractivity (Wildman–Crippen MR) is 44.5 cm³/mol. The van der Waals surface area contributed by atoms with Gasteiger partial charge in [0.2, 0.25) is 0 Å². The molecule has 1 heteroatoms. The topological polar surface area (TPSA) is 0 Å². The third-order valence-electron chi connectivity index (χ3n) is 1.29. The van der Waals surface area contributed by atoms with Gasteiger partial charge in [-0.25, -0.2) is 0 Å². The number of hydrogen-bond acceptors (Lipinski definition) is 0. The second kappa shape index (κ2) is 3.02. The van der Waals surface area contributed by atoms with Gasteiger partial charge in [-0.05, 0) is 18.9 Å². The van der Waals surface area contributed by atoms with E-state index in [1.54, 1.807) is 0 Å². The van der Waals surface area contributed by atoms with E-state index in [1.807, 2.05) is 0 Å². The predicted octanol–water partition coefficient (Wildman–Crippen LogP) is 3.17. The lowest BCUT2D eigenvalue weighted by Gasteiger charge is -1.92. The number of halogens is 1. The Kier molecular flexibility index (Phi) is 2.29. The maximum Gasteiger partial charge on any atom is 0.0167 e. The SMILES string of the molecule is CC1=CC=CCC=C1Br. The first-order valence-electron chi connectivity index (χ1n) is 3.00. The second-order valence-electron chi connectivity index (χ2n) is 2.07. The van der Waals surface area contributed by atoms with Crippen molar-refractivity contribution in [1.29, 1.82) is 0 Å². The molecule has 0 aromatic rings. The Labute approximate surface area is 64.1 Å². The van der Waals surface area contributed by atoms with Gasteiger partial charge in [-0.1, -0.05) is 40.2 Å². The minimum Gasteiger partial charge on any atom is -0.0807 e. The zero-order valence-electron chi connectivity index (χ0n) is 5.39. The molecular weight excluding hydrogens is 176 g/mol. The third kappa shape index (κ3) is 1.83. The molecule has 48 valence electrons. The highest BCUT2D eigenvalue weighted by Crippen LogP contribution is 2.19. The summed E-state index contributed by atoms with van der Waals surface area (Å²) < 4.78 is 1.22. The van der Waals surface area contributed by atoms with Crippen LogP contribution in [0.4, 0.5) is 0 Å². The molecule has 0 fully saturated rings. The summed E-state index contributed by atoms with van der Waals surface area (Å²) in [5.74, 6) is 0. The molecule has 0 radical (unpaired) electrons. The zero-order chi connectivity index (χ0) is 6.69. The van der Waals surface area contributed by atoms with Crippen molar-refractivity contribution in [2.45, 2.75) is 13.3 Å². The molecular formula is C8H9Br. The van der Waals surface area contributed by atoms with Gasteiger partial charge in [0.05, 0.1) is 0 Å². The summed E-state index contributed by atoms with van der Waals surface area (Å²) in [6.45, 7) is 2.09. The summed E-state index contributed by atoms with van der Waals surface area (Å²) in [5, 5.41) is 0. The van der Waals surface area contributed by atoms with Gasteiger partial charge in [-0.3, -0.25) is 0 Å². The van der Waals surface area contributed by atoms with Crippen molar-refractivity contribution in [3.8, 4) is 0 Å². The minimum absolute atomic E-state index is 1.04. The Morgan fingerprint density at radius 2 is 2.33 bits per heavy atom. The highest BCUT2D eigenvalue weighted by Gasteiger charge is 1.93. The van der Waals surface area contributed by atoms with Crippen LogP contribution in [0, 0.1) is 0 Å². The van der Waals surface area contributed by atoms with Gasteiger partial charge in [0, 0.05) is 4.48 Å². The van der Waals surface area contributed by atoms with E-state index in [0.29, 0.717) is 0 Å². The van der Waals surface area contributed by atoms with Crippen LogP contribution in [0.5, 0.6) is 0 Å². The summed E-state index contributed by atoms with van der Waals surface area (Å²) in [6.07, 6.45) is 9.52. The molecule has 1 aliphatic rings. The van der Waals surface area contributed by atoms with Crippen LogP contribution in [0.1, 0.15) is 13.3 Å². The van der Waals surface area contributed by atoms with Crippen LogP contribution in [0.25, 0.3) is 0 Å². The highest BCUT2D eigenvalue weighted by molar-refractivity contribution is 9.12. The van der Waals surface area contributed by atoms with E-state index in [-0.39, 0.29) is 0 Å². The number of hydrogen-bond donors (Lipinski definition) is 0. The molecule has 0 aromatic carbocycles. The quantitative estimate of drug-likeness (QED) is 0.543. The second-order valence-corrected chi connectivity index (χ2v) is 2.92. The van der Waals surface area contributed by atoms with Gasteiger partial charge in [0.25, 0.3) is 0 Å². The molecule has 9 heavy (non-hydrogen) atoms. The van der Waals surface area contributed by atoms with E-state index in [4.69, 9.17) is 0 Å². The van der Waals surface area contributed by atoms with Crippen LogP contribution in [-0.2, 0) is 0 Å². The fourth-order valence-corrected chi connectivity index (χ4v) is 1.02. The molecule has 0 atom stereocenters. The standard InChI is InChI=1S/C8H9Br/c1-7-5-3-2-4-6-8(7)9/h2-3,5-6H,4H2,1H3. The Morgan fingerprint density at radius 1 is 1.56 bits per heavy atom. The van der Waals surface area contributed by atoms with Crippen LogP contribution in [0.15, 0.2) is 34.4 Å². The number of allylic oxidation sites excluding steroid dienone is 6. The third-order valence-corrected chi connectivity index (χ3v) is 2.24. The van der Waals surface area contributed by atoms with Crippen molar-refractivity contribution < 1.29 is 0 Å². The van der Waals surface area contributed by atoms with E-state index < -0.39 is 0 Å². The summed E-state index contributed by atoms with van der Waals surface area (Å²) in [6, 6.07) is 0. The first kappa shape index (κ1) is 6.81. The van der Waals surface area contributed by atoms with Crippen molar-refractivity contribution >= 4 is 15.9 Å². The van der Waals surface area contributed by atoms with Gasteiger partial charge in [-0.2, -0.15) is 0 Å². The van der Waals surface area contributed by atoms with Crippen LogP contribution in [0.2, 0.25) is 0 Å². The molecule has 0 bridgehead atoms. The highest BCUT2D eigenvalue weighted by atomic mass is 79.9. The average molecular weight is 185 g/mol. The van der Waals surface area contributed by atoms with E-state index >= 15 is 0 Å². The van der Waals surface area contributed by atoms with Gasteiger partial charge < -0.3 is 0 Å². The summed E-state index contributed by atoms with van der Waals surface area (Å²) in [7, 11) is 0. The van der Waals surface area contributed by atoms with E-state index in [2.05, 4.69) is 47.2 Å². The van der Waals surface area contributed by atoms with Gasteiger partial charge in [-0.15, -0.1) is 0 Å². The molecule has 0 spiro atoms. The van der Waals surface area contributed by atoms with Crippen molar-refractivity contribution in [2.75, 3.05) is 0 Å². The largest absolute Gasteiger partial charge is 0.0807 e. The lowest BCUT2D eigenvalue weighted by atomic mass is 10.3. The maximum absolute atomic E-state index is 3.46. The van der Waals surface area contributed by atoms with E-state index in [9.17, 15) is 0 Å². The average Bonchev–Trinajstić information content (AvgIpc) is 1.99. The first-order chi connectivity index (χ1) is 4.30. The Morgan fingerprint density at radius 3 is 3.11 bits per heavy atom. The lowest BCUT2D eigenvalue weighted by Crippen LogP contribution is -1.70. The Bertz CT molecular complexity index is 185. The van der Waals surface area contributed by atoms with Gasteiger partial charge in [0.1, 0.15) is 0 Å². The Balaban J connectivity index is 2.85. The van der Waals surface area contributed by atoms with Crippen LogP contribution in [0.3, 0.4) is 0 Å². The zero-order valence-corrected chi connectivity index (χ0v) is 6.98. The summed E-state index contributed by atoms with van der Waals surface area (Å²) in [4.78, 5) is 0. The fraction of sp³-hybridized carbons (Fsp3) is 0.250. The maximum atomic E-state index is 3.46. The molecule has 0 saturated carbocycles. The van der Waals surface area contributed by atoms with Crippen molar-refractivity contribution in [1.82, 2.24) is 0 Å². The molecule has 1 aliphatic carbocycles. The Hall–Kier alpha value is -0.300. The molecule has 0 saturated heterocycles. The monoisotopic (exact) mass is 184 g/mol.